The molecule has 1 atom stereocenters. The predicted octanol–water partition coefficient (Wildman–Crippen LogP) is 4.19. The van der Waals surface area contributed by atoms with Crippen molar-refractivity contribution in [3.8, 4) is 17.3 Å². The van der Waals surface area contributed by atoms with Gasteiger partial charge in [0.1, 0.15) is 0 Å². The third-order valence-corrected chi connectivity index (χ3v) is 4.51. The molecule has 0 saturated heterocycles. The van der Waals surface area contributed by atoms with Crippen LogP contribution in [0.2, 0.25) is 0 Å². The van der Waals surface area contributed by atoms with Crippen LogP contribution in [-0.2, 0) is 11.3 Å². The molecule has 28 heavy (non-hydrogen) atoms. The topological polar surface area (TPSA) is 93.4 Å². The molecule has 0 heterocycles. The average Bonchev–Trinajstić information content (AvgIpc) is 2.69. The van der Waals surface area contributed by atoms with Crippen molar-refractivity contribution in [3.05, 3.63) is 59.7 Å². The molecule has 2 aromatic rings. The number of likely N-dealkylation sites (N-methyl/N-ethyl adjacent to an activating group) is 1. The van der Waals surface area contributed by atoms with E-state index in [0.29, 0.717) is 12.3 Å². The molecule has 0 fully saturated rings. The second kappa shape index (κ2) is 9.56. The molecule has 0 bridgehead atoms. The van der Waals surface area contributed by atoms with Crippen molar-refractivity contribution < 1.29 is 14.7 Å². The number of nitrogens with zero attached hydrogens (tertiary/aromatic N) is 2. The molecule has 2 aromatic carbocycles. The normalized spacial score (nSPS) is 11.5. The number of amides is 2. The van der Waals surface area contributed by atoms with E-state index in [1.54, 1.807) is 0 Å². The molecule has 0 aliphatic rings. The minimum absolute atomic E-state index is 0.205. The molecule has 0 aromatic heterocycles. The highest BCUT2D eigenvalue weighted by molar-refractivity contribution is 5.85. The summed E-state index contributed by atoms with van der Waals surface area (Å²) in [5, 5.41) is 20.1. The third kappa shape index (κ3) is 5.58. The lowest BCUT2D eigenvalue weighted by atomic mass is 9.87. The molecule has 2 amide bonds. The van der Waals surface area contributed by atoms with Crippen LogP contribution in [0, 0.1) is 17.4 Å². The standard InChI is InChI=1S/C22H25N3O3/c1-15(2)11-20(21(26)25(3)14-23)19-6-4-5-18(12-19)17-9-7-16(8-10-17)13-24-22(27)28/h4-10,12,15,20,24H,11,13H2,1-3H3,(H,27,28). The maximum absolute atomic E-state index is 12.7. The molecule has 0 aliphatic carbocycles. The van der Waals surface area contributed by atoms with Gasteiger partial charge >= 0.3 is 6.09 Å². The van der Waals surface area contributed by atoms with Gasteiger partial charge in [-0.05, 0) is 34.6 Å². The summed E-state index contributed by atoms with van der Waals surface area (Å²) in [5.74, 6) is -0.266. The van der Waals surface area contributed by atoms with Gasteiger partial charge in [0.15, 0.2) is 6.19 Å². The minimum Gasteiger partial charge on any atom is -0.465 e. The minimum atomic E-state index is -1.06. The molecule has 0 aliphatic heterocycles. The Balaban J connectivity index is 2.29. The summed E-state index contributed by atoms with van der Waals surface area (Å²) in [6.07, 6.45) is 1.50. The van der Waals surface area contributed by atoms with Gasteiger partial charge in [-0.2, -0.15) is 5.26 Å². The van der Waals surface area contributed by atoms with E-state index < -0.39 is 6.09 Å². The molecule has 6 nitrogen and oxygen atoms in total. The van der Waals surface area contributed by atoms with Crippen molar-refractivity contribution in [2.45, 2.75) is 32.7 Å². The Hall–Kier alpha value is -3.33. The molecule has 0 radical (unpaired) electrons. The Bertz CT molecular complexity index is 869. The number of rotatable bonds is 7. The second-order valence-electron chi connectivity index (χ2n) is 7.16. The number of benzene rings is 2. The second-order valence-corrected chi connectivity index (χ2v) is 7.16. The highest BCUT2D eigenvalue weighted by Crippen LogP contribution is 2.29. The van der Waals surface area contributed by atoms with Crippen LogP contribution in [0.25, 0.3) is 11.1 Å². The van der Waals surface area contributed by atoms with Crippen molar-refractivity contribution >= 4 is 12.0 Å². The van der Waals surface area contributed by atoms with E-state index in [9.17, 15) is 9.59 Å². The zero-order chi connectivity index (χ0) is 20.7. The van der Waals surface area contributed by atoms with E-state index in [1.165, 1.54) is 7.05 Å². The smallest absolute Gasteiger partial charge is 0.404 e. The highest BCUT2D eigenvalue weighted by atomic mass is 16.4. The van der Waals surface area contributed by atoms with E-state index in [0.717, 1.165) is 27.2 Å². The molecule has 2 rings (SSSR count). The van der Waals surface area contributed by atoms with E-state index in [1.807, 2.05) is 54.7 Å². The summed E-state index contributed by atoms with van der Waals surface area (Å²) in [6.45, 7) is 4.36. The predicted molar refractivity (Wildman–Crippen MR) is 107 cm³/mol. The van der Waals surface area contributed by atoms with Gasteiger partial charge in [0.2, 0.25) is 5.91 Å². The molecule has 0 spiro atoms. The summed E-state index contributed by atoms with van der Waals surface area (Å²) in [5.41, 5.74) is 3.70. The lowest BCUT2D eigenvalue weighted by Gasteiger charge is -2.21. The first-order chi connectivity index (χ1) is 13.3. The van der Waals surface area contributed by atoms with E-state index in [-0.39, 0.29) is 18.4 Å². The van der Waals surface area contributed by atoms with Crippen LogP contribution in [0.4, 0.5) is 4.79 Å². The van der Waals surface area contributed by atoms with Gasteiger partial charge in [-0.25, -0.2) is 4.79 Å². The Morgan fingerprint density at radius 2 is 1.82 bits per heavy atom. The van der Waals surface area contributed by atoms with E-state index in [2.05, 4.69) is 19.2 Å². The van der Waals surface area contributed by atoms with Crippen LogP contribution < -0.4 is 5.32 Å². The largest absolute Gasteiger partial charge is 0.465 e. The first-order valence-corrected chi connectivity index (χ1v) is 9.15. The summed E-state index contributed by atoms with van der Waals surface area (Å²) in [4.78, 5) is 24.4. The highest BCUT2D eigenvalue weighted by Gasteiger charge is 2.25. The van der Waals surface area contributed by atoms with Crippen molar-refractivity contribution in [3.63, 3.8) is 0 Å². The number of hydrogen-bond acceptors (Lipinski definition) is 3. The van der Waals surface area contributed by atoms with Crippen LogP contribution in [0.15, 0.2) is 48.5 Å². The molecule has 2 N–H and O–H groups in total. The number of nitrogens with one attached hydrogen (secondary N) is 1. The van der Waals surface area contributed by atoms with Gasteiger partial charge in [0, 0.05) is 13.6 Å². The third-order valence-electron chi connectivity index (χ3n) is 4.51. The first-order valence-electron chi connectivity index (χ1n) is 9.15. The quantitative estimate of drug-likeness (QED) is 0.557. The Labute approximate surface area is 165 Å². The lowest BCUT2D eigenvalue weighted by molar-refractivity contribution is -0.129. The molecular weight excluding hydrogens is 354 g/mol. The van der Waals surface area contributed by atoms with Gasteiger partial charge < -0.3 is 10.4 Å². The SMILES string of the molecule is CC(C)CC(C(=O)N(C)C#N)c1cccc(-c2ccc(CNC(=O)O)cc2)c1. The summed E-state index contributed by atoms with van der Waals surface area (Å²) in [7, 11) is 1.49. The Morgan fingerprint density at radius 3 is 2.39 bits per heavy atom. The van der Waals surface area contributed by atoms with Crippen LogP contribution in [0.3, 0.4) is 0 Å². The maximum Gasteiger partial charge on any atom is 0.404 e. The zero-order valence-electron chi connectivity index (χ0n) is 16.3. The summed E-state index contributed by atoms with van der Waals surface area (Å²) in [6, 6.07) is 15.4. The van der Waals surface area contributed by atoms with Crippen molar-refractivity contribution in [2.24, 2.45) is 5.92 Å². The van der Waals surface area contributed by atoms with E-state index >= 15 is 0 Å². The fourth-order valence-electron chi connectivity index (χ4n) is 3.06. The lowest BCUT2D eigenvalue weighted by Crippen LogP contribution is -2.28. The van der Waals surface area contributed by atoms with Gasteiger partial charge in [0.25, 0.3) is 0 Å². The van der Waals surface area contributed by atoms with E-state index in [4.69, 9.17) is 10.4 Å². The van der Waals surface area contributed by atoms with Crippen molar-refractivity contribution in [2.75, 3.05) is 7.05 Å². The fourth-order valence-corrected chi connectivity index (χ4v) is 3.06. The van der Waals surface area contributed by atoms with Gasteiger partial charge in [-0.15, -0.1) is 0 Å². The summed E-state index contributed by atoms with van der Waals surface area (Å²) >= 11 is 0. The fraction of sp³-hybridized carbons (Fsp3) is 0.318. The molecule has 1 unspecified atom stereocenters. The van der Waals surface area contributed by atoms with Crippen LogP contribution >= 0.6 is 0 Å². The average molecular weight is 379 g/mol. The Kier molecular flexibility index (Phi) is 7.16. The van der Waals surface area contributed by atoms with Gasteiger partial charge in [0.05, 0.1) is 5.92 Å². The van der Waals surface area contributed by atoms with Crippen molar-refractivity contribution in [1.82, 2.24) is 10.2 Å². The van der Waals surface area contributed by atoms with Gasteiger partial charge in [-0.1, -0.05) is 62.4 Å². The zero-order valence-corrected chi connectivity index (χ0v) is 16.3. The monoisotopic (exact) mass is 379 g/mol. The number of carboxylic acid groups (broad SMARTS) is 1. The number of nitriles is 1. The summed E-state index contributed by atoms with van der Waals surface area (Å²) < 4.78 is 0. The number of carbonyl (C=O) groups is 2. The van der Waals surface area contributed by atoms with Crippen LogP contribution in [-0.4, -0.2) is 29.1 Å². The van der Waals surface area contributed by atoms with Crippen LogP contribution in [0.5, 0.6) is 0 Å². The Morgan fingerprint density at radius 1 is 1.14 bits per heavy atom. The molecule has 6 heteroatoms. The van der Waals surface area contributed by atoms with Crippen molar-refractivity contribution in [1.29, 1.82) is 5.26 Å². The van der Waals surface area contributed by atoms with Crippen LogP contribution in [0.1, 0.15) is 37.3 Å². The first kappa shape index (κ1) is 21.0. The molecule has 0 saturated carbocycles. The number of carbonyl (C=O) groups excluding carboxylic acids is 1. The number of hydrogen-bond donors (Lipinski definition) is 2. The van der Waals surface area contributed by atoms with Gasteiger partial charge in [-0.3, -0.25) is 9.69 Å². The molecular formula is C22H25N3O3. The maximum atomic E-state index is 12.7. The molecule has 146 valence electrons.